The third kappa shape index (κ3) is 5.75. The smallest absolute Gasteiger partial charge is 0.251 e. The molecule has 1 unspecified atom stereocenters. The maximum absolute atomic E-state index is 12.6. The molecule has 30 heavy (non-hydrogen) atoms. The largest absolute Gasteiger partial charge is 0.376 e. The fourth-order valence-electron chi connectivity index (χ4n) is 2.85. The van der Waals surface area contributed by atoms with Crippen molar-refractivity contribution in [2.75, 3.05) is 17.2 Å². The van der Waals surface area contributed by atoms with E-state index in [9.17, 15) is 9.59 Å². The minimum atomic E-state index is -0.285. The first-order chi connectivity index (χ1) is 14.4. The van der Waals surface area contributed by atoms with Crippen LogP contribution in [-0.2, 0) is 4.79 Å². The number of halogens is 2. The highest BCUT2D eigenvalue weighted by atomic mass is 35.5. The molecule has 0 spiro atoms. The van der Waals surface area contributed by atoms with Crippen molar-refractivity contribution in [1.82, 2.24) is 5.32 Å². The first-order valence-electron chi connectivity index (χ1n) is 9.37. The van der Waals surface area contributed by atoms with Crippen LogP contribution in [0.3, 0.4) is 0 Å². The molecule has 7 heteroatoms. The van der Waals surface area contributed by atoms with Gasteiger partial charge in [0.25, 0.3) is 5.91 Å². The molecule has 0 aliphatic heterocycles. The van der Waals surface area contributed by atoms with Crippen molar-refractivity contribution in [3.8, 4) is 0 Å². The van der Waals surface area contributed by atoms with E-state index in [0.29, 0.717) is 27.0 Å². The molecular weight excluding hydrogens is 421 g/mol. The Labute approximate surface area is 185 Å². The Morgan fingerprint density at radius 3 is 2.43 bits per heavy atom. The monoisotopic (exact) mass is 441 g/mol. The van der Waals surface area contributed by atoms with Crippen molar-refractivity contribution in [2.45, 2.75) is 13.0 Å². The summed E-state index contributed by atoms with van der Waals surface area (Å²) in [5.74, 6) is -0.475. The van der Waals surface area contributed by atoms with Gasteiger partial charge in [0.05, 0.1) is 28.3 Å². The highest BCUT2D eigenvalue weighted by molar-refractivity contribution is 6.44. The van der Waals surface area contributed by atoms with E-state index in [4.69, 9.17) is 23.2 Å². The summed E-state index contributed by atoms with van der Waals surface area (Å²) in [5, 5.41) is 9.35. The van der Waals surface area contributed by atoms with Gasteiger partial charge >= 0.3 is 0 Å². The van der Waals surface area contributed by atoms with Gasteiger partial charge in [0.2, 0.25) is 5.91 Å². The van der Waals surface area contributed by atoms with E-state index in [1.165, 1.54) is 0 Å². The maximum Gasteiger partial charge on any atom is 0.251 e. The summed E-state index contributed by atoms with van der Waals surface area (Å²) in [6.07, 6.45) is 0. The lowest BCUT2D eigenvalue weighted by molar-refractivity contribution is -0.114. The maximum atomic E-state index is 12.6. The molecule has 3 N–H and O–H groups in total. The number of anilines is 2. The van der Waals surface area contributed by atoms with Crippen LogP contribution < -0.4 is 16.0 Å². The van der Waals surface area contributed by atoms with E-state index < -0.39 is 0 Å². The molecule has 0 aliphatic carbocycles. The molecule has 0 bridgehead atoms. The molecule has 3 rings (SSSR count). The topological polar surface area (TPSA) is 70.2 Å². The molecule has 0 fully saturated rings. The molecule has 0 aliphatic rings. The summed E-state index contributed by atoms with van der Waals surface area (Å²) < 4.78 is 0. The van der Waals surface area contributed by atoms with Crippen LogP contribution in [0.25, 0.3) is 0 Å². The van der Waals surface area contributed by atoms with Crippen LogP contribution in [0.1, 0.15) is 28.9 Å². The van der Waals surface area contributed by atoms with Crippen LogP contribution in [0.5, 0.6) is 0 Å². The molecule has 5 nitrogen and oxygen atoms in total. The Balaban J connectivity index is 1.58. The van der Waals surface area contributed by atoms with Crippen LogP contribution in [-0.4, -0.2) is 18.4 Å². The molecular formula is C23H21Cl2N3O2. The number of carbonyl (C=O) groups is 2. The van der Waals surface area contributed by atoms with Gasteiger partial charge in [-0.05, 0) is 42.8 Å². The summed E-state index contributed by atoms with van der Waals surface area (Å²) in [5.41, 5.74) is 2.62. The van der Waals surface area contributed by atoms with E-state index in [1.807, 2.05) is 37.3 Å². The Morgan fingerprint density at radius 1 is 0.933 bits per heavy atom. The lowest BCUT2D eigenvalue weighted by atomic mass is 10.1. The fraction of sp³-hybridized carbons (Fsp3) is 0.130. The highest BCUT2D eigenvalue weighted by Gasteiger charge is 2.12. The second kappa shape index (κ2) is 10.1. The van der Waals surface area contributed by atoms with E-state index in [1.54, 1.807) is 42.5 Å². The van der Waals surface area contributed by atoms with Crippen molar-refractivity contribution in [3.63, 3.8) is 0 Å². The van der Waals surface area contributed by atoms with Crippen molar-refractivity contribution in [1.29, 1.82) is 0 Å². The Kier molecular flexibility index (Phi) is 7.33. The molecule has 0 heterocycles. The molecule has 3 aromatic rings. The predicted molar refractivity (Wildman–Crippen MR) is 122 cm³/mol. The van der Waals surface area contributed by atoms with Gasteiger partial charge in [0.1, 0.15) is 0 Å². The van der Waals surface area contributed by atoms with Crippen molar-refractivity contribution < 1.29 is 9.59 Å². The molecule has 0 saturated carbocycles. The number of carbonyl (C=O) groups excluding carboxylic acids is 2. The first-order valence-corrected chi connectivity index (χ1v) is 10.1. The minimum absolute atomic E-state index is 0.00827. The quantitative estimate of drug-likeness (QED) is 0.450. The highest BCUT2D eigenvalue weighted by Crippen LogP contribution is 2.29. The molecule has 2 amide bonds. The van der Waals surface area contributed by atoms with Gasteiger partial charge in [-0.1, -0.05) is 65.7 Å². The van der Waals surface area contributed by atoms with E-state index in [2.05, 4.69) is 16.0 Å². The molecule has 0 aromatic heterocycles. The number of benzene rings is 3. The van der Waals surface area contributed by atoms with Crippen molar-refractivity contribution >= 4 is 46.4 Å². The third-order valence-electron chi connectivity index (χ3n) is 4.45. The van der Waals surface area contributed by atoms with Gasteiger partial charge in [-0.3, -0.25) is 9.59 Å². The van der Waals surface area contributed by atoms with Gasteiger partial charge in [-0.2, -0.15) is 0 Å². The average molecular weight is 442 g/mol. The molecule has 0 saturated heterocycles. The molecule has 154 valence electrons. The summed E-state index contributed by atoms with van der Waals surface area (Å²) in [7, 11) is 0. The summed E-state index contributed by atoms with van der Waals surface area (Å²) in [6, 6.07) is 21.6. The number of amides is 2. The van der Waals surface area contributed by atoms with Gasteiger partial charge in [-0.25, -0.2) is 0 Å². The number of rotatable bonds is 7. The van der Waals surface area contributed by atoms with Crippen LogP contribution in [0.4, 0.5) is 11.4 Å². The summed E-state index contributed by atoms with van der Waals surface area (Å²) in [4.78, 5) is 24.8. The van der Waals surface area contributed by atoms with Gasteiger partial charge in [-0.15, -0.1) is 0 Å². The zero-order chi connectivity index (χ0) is 21.5. The fourth-order valence-corrected chi connectivity index (χ4v) is 3.20. The average Bonchev–Trinajstić information content (AvgIpc) is 2.76. The SMILES string of the molecule is CC(NC(=O)c1cccc(NCC(=O)Nc2cccc(Cl)c2Cl)c1)c1ccccc1. The number of hydrogen-bond donors (Lipinski definition) is 3. The molecule has 0 radical (unpaired) electrons. The second-order valence-electron chi connectivity index (χ2n) is 6.69. The standard InChI is InChI=1S/C23H21Cl2N3O2/c1-15(16-7-3-2-4-8-16)27-23(30)17-9-5-10-18(13-17)26-14-21(29)28-20-12-6-11-19(24)22(20)25/h2-13,15,26H,14H2,1H3,(H,27,30)(H,28,29). The predicted octanol–water partition coefficient (Wildman–Crippen LogP) is 5.54. The lowest BCUT2D eigenvalue weighted by Gasteiger charge is -2.15. The van der Waals surface area contributed by atoms with E-state index in [-0.39, 0.29) is 24.4 Å². The van der Waals surface area contributed by atoms with E-state index >= 15 is 0 Å². The molecule has 3 aromatic carbocycles. The zero-order valence-electron chi connectivity index (χ0n) is 16.3. The Bertz CT molecular complexity index is 1040. The van der Waals surface area contributed by atoms with Crippen LogP contribution in [0.2, 0.25) is 10.0 Å². The van der Waals surface area contributed by atoms with Crippen molar-refractivity contribution in [3.05, 3.63) is 94.0 Å². The van der Waals surface area contributed by atoms with Crippen LogP contribution >= 0.6 is 23.2 Å². The van der Waals surface area contributed by atoms with Crippen molar-refractivity contribution in [2.24, 2.45) is 0 Å². The van der Waals surface area contributed by atoms with Gasteiger partial charge in [0, 0.05) is 11.3 Å². The van der Waals surface area contributed by atoms with Crippen LogP contribution in [0.15, 0.2) is 72.8 Å². The minimum Gasteiger partial charge on any atom is -0.376 e. The van der Waals surface area contributed by atoms with E-state index in [0.717, 1.165) is 5.56 Å². The first kappa shape index (κ1) is 21.7. The van der Waals surface area contributed by atoms with Gasteiger partial charge in [0.15, 0.2) is 0 Å². The molecule has 1 atom stereocenters. The number of nitrogens with one attached hydrogen (secondary N) is 3. The third-order valence-corrected chi connectivity index (χ3v) is 5.27. The summed E-state index contributed by atoms with van der Waals surface area (Å²) >= 11 is 12.0. The van der Waals surface area contributed by atoms with Crippen LogP contribution in [0, 0.1) is 0 Å². The van der Waals surface area contributed by atoms with Gasteiger partial charge < -0.3 is 16.0 Å². The Morgan fingerprint density at radius 2 is 1.67 bits per heavy atom. The summed E-state index contributed by atoms with van der Waals surface area (Å²) in [6.45, 7) is 1.94. The zero-order valence-corrected chi connectivity index (χ0v) is 17.8. The lowest BCUT2D eigenvalue weighted by Crippen LogP contribution is -2.26. The Hall–Kier alpha value is -3.02. The normalized spacial score (nSPS) is 11.4. The number of hydrogen-bond acceptors (Lipinski definition) is 3. The second-order valence-corrected chi connectivity index (χ2v) is 7.47.